The highest BCUT2D eigenvalue weighted by Gasteiger charge is 1.71. The molecule has 0 heterocycles. The zero-order chi connectivity index (χ0) is 5.70. The molecule has 0 amide bonds. The van der Waals surface area contributed by atoms with Crippen LogP contribution in [0.1, 0.15) is 6.92 Å². The van der Waals surface area contributed by atoms with Gasteiger partial charge in [0.15, 0.2) is 0 Å². The van der Waals surface area contributed by atoms with Gasteiger partial charge in [0.05, 0.1) is 4.22 Å². The van der Waals surface area contributed by atoms with Crippen LogP contribution in [-0.2, 0) is 0 Å². The molecule has 0 bridgehead atoms. The second-order valence-electron chi connectivity index (χ2n) is 0.997. The molecule has 0 fully saturated rings. The lowest BCUT2D eigenvalue weighted by atomic mass is 10.6. The Balaban J connectivity index is 3.58. The lowest BCUT2D eigenvalue weighted by Crippen LogP contribution is -1.60. The van der Waals surface area contributed by atoms with Gasteiger partial charge in [0.1, 0.15) is 0 Å². The van der Waals surface area contributed by atoms with Gasteiger partial charge in [-0.15, -0.1) is 12.6 Å². The van der Waals surface area contributed by atoms with E-state index in [2.05, 4.69) is 40.2 Å². The van der Waals surface area contributed by atoms with Crippen molar-refractivity contribution in [3.8, 4) is 0 Å². The van der Waals surface area contributed by atoms with Crippen LogP contribution in [0.4, 0.5) is 0 Å². The minimum absolute atomic E-state index is 0.928. The molecule has 0 aromatic rings. The number of aliphatic imine (C=N–C) groups is 1. The first-order valence-corrected chi connectivity index (χ1v) is 3.51. The van der Waals surface area contributed by atoms with Gasteiger partial charge >= 0.3 is 0 Å². The van der Waals surface area contributed by atoms with Crippen molar-refractivity contribution in [2.75, 3.05) is 0 Å². The fourth-order valence-corrected chi connectivity index (χ4v) is 0.616. The maximum atomic E-state index is 3.89. The smallest absolute Gasteiger partial charge is 0.0654 e. The number of nitrogens with zero attached hydrogens (tertiary/aromatic N) is 1. The van der Waals surface area contributed by atoms with E-state index in [4.69, 9.17) is 0 Å². The maximum absolute atomic E-state index is 3.89. The molecule has 0 spiro atoms. The van der Waals surface area contributed by atoms with E-state index in [1.54, 1.807) is 9.63 Å². The van der Waals surface area contributed by atoms with E-state index in [9.17, 15) is 0 Å². The summed E-state index contributed by atoms with van der Waals surface area (Å²) in [7, 11) is 0. The molecule has 0 atom stereocenters. The Morgan fingerprint density at radius 1 is 1.86 bits per heavy atom. The number of hydrogen-bond donors (Lipinski definition) is 1. The summed E-state index contributed by atoms with van der Waals surface area (Å²) in [5.41, 5.74) is 0.928. The van der Waals surface area contributed by atoms with Gasteiger partial charge in [-0.05, 0) is 34.9 Å². The first-order chi connectivity index (χ1) is 3.31. The molecule has 40 valence electrons. The van der Waals surface area contributed by atoms with Crippen molar-refractivity contribution in [2.24, 2.45) is 4.99 Å². The molecular formula is C4H6INS. The zero-order valence-corrected chi connectivity index (χ0v) is 6.98. The molecule has 0 rings (SSSR count). The zero-order valence-electron chi connectivity index (χ0n) is 3.93. The molecule has 0 aromatic heterocycles. The fraction of sp³-hybridized carbons (Fsp3) is 0.250. The molecule has 0 aromatic carbocycles. The average molecular weight is 227 g/mol. The third-order valence-corrected chi connectivity index (χ3v) is 1.09. The van der Waals surface area contributed by atoms with E-state index < -0.39 is 0 Å². The monoisotopic (exact) mass is 227 g/mol. The van der Waals surface area contributed by atoms with Crippen LogP contribution in [0, 0.1) is 0 Å². The molecule has 7 heavy (non-hydrogen) atoms. The number of rotatable bonds is 1. The summed E-state index contributed by atoms with van der Waals surface area (Å²) in [5.74, 6) is 0. The molecule has 0 N–H and O–H groups in total. The first kappa shape index (κ1) is 7.49. The fourth-order valence-electron chi connectivity index (χ4n) is 0.110. The Labute approximate surface area is 62.5 Å². The summed E-state index contributed by atoms with van der Waals surface area (Å²) in [5, 5.41) is 1.66. The number of thiol groups is 1. The Kier molecular flexibility index (Phi) is 4.97. The quantitative estimate of drug-likeness (QED) is 0.400. The molecule has 0 radical (unpaired) electrons. The van der Waals surface area contributed by atoms with Gasteiger partial charge in [-0.1, -0.05) is 0 Å². The van der Waals surface area contributed by atoms with Crippen LogP contribution in [-0.4, -0.2) is 4.22 Å². The van der Waals surface area contributed by atoms with E-state index in [0.717, 1.165) is 5.70 Å². The second-order valence-corrected chi connectivity index (χ2v) is 1.81. The van der Waals surface area contributed by atoms with Crippen LogP contribution >= 0.6 is 35.2 Å². The Morgan fingerprint density at radius 3 is 2.57 bits per heavy atom. The van der Waals surface area contributed by atoms with E-state index >= 15 is 0 Å². The average Bonchev–Trinajstić information content (AvgIpc) is 1.68. The molecule has 3 heteroatoms. The summed E-state index contributed by atoms with van der Waals surface area (Å²) in [6.45, 7) is 1.89. The molecule has 0 aliphatic carbocycles. The van der Waals surface area contributed by atoms with Crippen molar-refractivity contribution in [3.05, 3.63) is 11.1 Å². The summed E-state index contributed by atoms with van der Waals surface area (Å²) < 4.78 is 1.71. The highest BCUT2D eigenvalue weighted by molar-refractivity contribution is 14.1. The van der Waals surface area contributed by atoms with Crippen LogP contribution in [0.3, 0.4) is 0 Å². The third-order valence-electron chi connectivity index (χ3n) is 0.439. The van der Waals surface area contributed by atoms with Crippen molar-refractivity contribution >= 4 is 39.4 Å². The van der Waals surface area contributed by atoms with E-state index in [-0.39, 0.29) is 0 Å². The topological polar surface area (TPSA) is 12.4 Å². The molecule has 0 saturated carbocycles. The summed E-state index contributed by atoms with van der Waals surface area (Å²) in [4.78, 5) is 3.89. The van der Waals surface area contributed by atoms with Crippen molar-refractivity contribution in [1.82, 2.24) is 0 Å². The van der Waals surface area contributed by atoms with Gasteiger partial charge in [-0.2, -0.15) is 0 Å². The van der Waals surface area contributed by atoms with Crippen molar-refractivity contribution in [1.29, 1.82) is 0 Å². The summed E-state index contributed by atoms with van der Waals surface area (Å²) in [6, 6.07) is 0. The highest BCUT2D eigenvalue weighted by Crippen LogP contribution is 1.94. The maximum Gasteiger partial charge on any atom is 0.0654 e. The van der Waals surface area contributed by atoms with Gasteiger partial charge < -0.3 is 0 Å². The molecule has 0 saturated heterocycles. The van der Waals surface area contributed by atoms with E-state index in [0.29, 0.717) is 0 Å². The Morgan fingerprint density at radius 2 is 2.43 bits per heavy atom. The van der Waals surface area contributed by atoms with Gasteiger partial charge in [0.2, 0.25) is 0 Å². The minimum Gasteiger partial charge on any atom is -0.255 e. The predicted molar refractivity (Wildman–Crippen MR) is 45.3 cm³/mol. The van der Waals surface area contributed by atoms with E-state index in [1.165, 1.54) is 0 Å². The van der Waals surface area contributed by atoms with Gasteiger partial charge in [0.25, 0.3) is 0 Å². The van der Waals surface area contributed by atoms with Crippen LogP contribution < -0.4 is 0 Å². The number of halogens is 1. The molecule has 0 aliphatic rings. The van der Waals surface area contributed by atoms with Gasteiger partial charge in [-0.25, -0.2) is 0 Å². The van der Waals surface area contributed by atoms with Crippen LogP contribution in [0.2, 0.25) is 0 Å². The highest BCUT2D eigenvalue weighted by atomic mass is 127. The largest absolute Gasteiger partial charge is 0.255 e. The number of allylic oxidation sites excluding steroid dienone is 1. The summed E-state index contributed by atoms with van der Waals surface area (Å²) in [6.07, 6.45) is 0. The summed E-state index contributed by atoms with van der Waals surface area (Å²) >= 11 is 5.93. The van der Waals surface area contributed by atoms with E-state index in [1.807, 2.05) is 6.92 Å². The molecule has 1 nitrogen and oxygen atoms in total. The normalized spacial score (nSPS) is 13.3. The standard InChI is InChI=1S/C4H6INS/c1-4(2-7)6-3-5/h2-3,7H,1H3/b4-2-,6-3-. The SMILES string of the molecule is CC(=C/S)/N=C\I. The lowest BCUT2D eigenvalue weighted by Gasteiger charge is -1.80. The predicted octanol–water partition coefficient (Wildman–Crippen LogP) is 2.24. The first-order valence-electron chi connectivity index (χ1n) is 1.75. The molecule has 0 aliphatic heterocycles. The molecular weight excluding hydrogens is 221 g/mol. The van der Waals surface area contributed by atoms with Gasteiger partial charge in [-0.3, -0.25) is 4.99 Å². The van der Waals surface area contributed by atoms with Gasteiger partial charge in [0, 0.05) is 5.70 Å². The van der Waals surface area contributed by atoms with Crippen LogP contribution in [0.5, 0.6) is 0 Å². The van der Waals surface area contributed by atoms with Crippen LogP contribution in [0.25, 0.3) is 0 Å². The second kappa shape index (κ2) is 4.64. The van der Waals surface area contributed by atoms with Crippen LogP contribution in [0.15, 0.2) is 16.1 Å². The Hall–Kier alpha value is 0.490. The Bertz CT molecular complexity index is 97.9. The minimum atomic E-state index is 0.928. The molecule has 0 unspecified atom stereocenters. The third kappa shape index (κ3) is 4.34. The van der Waals surface area contributed by atoms with Crippen molar-refractivity contribution < 1.29 is 0 Å². The lowest BCUT2D eigenvalue weighted by molar-refractivity contribution is 1.34. The number of hydrogen-bond acceptors (Lipinski definition) is 2. The van der Waals surface area contributed by atoms with Crippen molar-refractivity contribution in [3.63, 3.8) is 0 Å². The van der Waals surface area contributed by atoms with Crippen molar-refractivity contribution in [2.45, 2.75) is 6.92 Å².